The minimum Gasteiger partial charge on any atom is -0.456 e. The number of hydrogen-bond donors (Lipinski definition) is 0. The zero-order valence-corrected chi connectivity index (χ0v) is 10.9. The number of aromatic nitrogens is 1. The number of ether oxygens (including phenoxy) is 1. The van der Waals surface area contributed by atoms with Crippen molar-refractivity contribution < 1.29 is 9.53 Å². The fourth-order valence-electron chi connectivity index (χ4n) is 1.27. The minimum absolute atomic E-state index is 0.00389. The number of carbonyl (C=O) groups excluding carboxylic acids is 1. The lowest BCUT2D eigenvalue weighted by Crippen LogP contribution is -2.24. The summed E-state index contributed by atoms with van der Waals surface area (Å²) in [5.41, 5.74) is 0.372. The van der Waals surface area contributed by atoms with E-state index in [1.165, 1.54) is 6.07 Å². The molecule has 5 heteroatoms. The Morgan fingerprint density at radius 3 is 2.53 bits per heavy atom. The number of nitriles is 1. The van der Waals surface area contributed by atoms with Crippen molar-refractivity contribution in [2.75, 3.05) is 0 Å². The summed E-state index contributed by atoms with van der Waals surface area (Å²) in [4.78, 5) is 15.7. The van der Waals surface area contributed by atoms with Crippen molar-refractivity contribution in [3.8, 4) is 6.07 Å². The predicted octanol–water partition coefficient (Wildman–Crippen LogP) is 2.87. The molecule has 0 aliphatic heterocycles. The average molecular weight is 253 g/mol. The van der Waals surface area contributed by atoms with E-state index < -0.39 is 11.6 Å². The highest BCUT2D eigenvalue weighted by molar-refractivity contribution is 6.32. The number of halogens is 1. The van der Waals surface area contributed by atoms with Gasteiger partial charge in [0.2, 0.25) is 0 Å². The molecular formula is C12H13ClN2O2. The van der Waals surface area contributed by atoms with Gasteiger partial charge in [-0.05, 0) is 39.3 Å². The van der Waals surface area contributed by atoms with Gasteiger partial charge in [0, 0.05) is 0 Å². The fraction of sp³-hybridized carbons (Fsp3) is 0.417. The number of carbonyl (C=O) groups is 1. The van der Waals surface area contributed by atoms with Crippen LogP contribution in [0.4, 0.5) is 0 Å². The number of nitrogens with zero attached hydrogens (tertiary/aromatic N) is 2. The highest BCUT2D eigenvalue weighted by Gasteiger charge is 2.22. The van der Waals surface area contributed by atoms with E-state index in [0.717, 1.165) is 0 Å². The van der Waals surface area contributed by atoms with Crippen molar-refractivity contribution in [1.29, 1.82) is 5.26 Å². The highest BCUT2D eigenvalue weighted by atomic mass is 35.5. The molecule has 0 spiro atoms. The standard InChI is InChI=1S/C12H13ClN2O2/c1-7-5-8(6-14)15-10(13)9(7)11(16)17-12(2,3)4/h5H,1-4H3. The van der Waals surface area contributed by atoms with Crippen LogP contribution in [0.1, 0.15) is 42.4 Å². The van der Waals surface area contributed by atoms with Crippen LogP contribution in [-0.4, -0.2) is 16.6 Å². The smallest absolute Gasteiger partial charge is 0.342 e. The molecule has 0 atom stereocenters. The van der Waals surface area contributed by atoms with Gasteiger partial charge in [-0.25, -0.2) is 9.78 Å². The second-order valence-electron chi connectivity index (χ2n) is 4.60. The molecule has 0 aliphatic carbocycles. The van der Waals surface area contributed by atoms with E-state index in [2.05, 4.69) is 4.98 Å². The Morgan fingerprint density at radius 2 is 2.12 bits per heavy atom. The lowest BCUT2D eigenvalue weighted by Gasteiger charge is -2.20. The van der Waals surface area contributed by atoms with Gasteiger partial charge < -0.3 is 4.74 Å². The van der Waals surface area contributed by atoms with Gasteiger partial charge in [-0.3, -0.25) is 0 Å². The Balaban J connectivity index is 3.16. The van der Waals surface area contributed by atoms with E-state index in [1.54, 1.807) is 27.7 Å². The van der Waals surface area contributed by atoms with Crippen molar-refractivity contribution in [2.45, 2.75) is 33.3 Å². The molecule has 0 saturated heterocycles. The largest absolute Gasteiger partial charge is 0.456 e. The summed E-state index contributed by atoms with van der Waals surface area (Å²) in [5, 5.41) is 8.71. The van der Waals surface area contributed by atoms with E-state index in [1.807, 2.05) is 6.07 Å². The first kappa shape index (κ1) is 13.5. The molecule has 1 heterocycles. The molecular weight excluding hydrogens is 240 g/mol. The van der Waals surface area contributed by atoms with Crippen molar-refractivity contribution >= 4 is 17.6 Å². The van der Waals surface area contributed by atoms with Crippen LogP contribution in [0.5, 0.6) is 0 Å². The SMILES string of the molecule is Cc1cc(C#N)nc(Cl)c1C(=O)OC(C)(C)C. The Morgan fingerprint density at radius 1 is 1.53 bits per heavy atom. The number of aryl methyl sites for hydroxylation is 1. The predicted molar refractivity (Wildman–Crippen MR) is 63.9 cm³/mol. The van der Waals surface area contributed by atoms with Crippen LogP contribution in [0.3, 0.4) is 0 Å². The Bertz CT molecular complexity index is 475. The Hall–Kier alpha value is -1.60. The molecule has 0 bridgehead atoms. The van der Waals surface area contributed by atoms with Crippen LogP contribution in [0.25, 0.3) is 0 Å². The van der Waals surface area contributed by atoms with Crippen LogP contribution in [0, 0.1) is 18.3 Å². The van der Waals surface area contributed by atoms with E-state index in [-0.39, 0.29) is 16.4 Å². The third kappa shape index (κ3) is 3.43. The minimum atomic E-state index is -0.596. The lowest BCUT2D eigenvalue weighted by molar-refractivity contribution is 0.00685. The number of pyridine rings is 1. The van der Waals surface area contributed by atoms with Crippen LogP contribution in [-0.2, 0) is 4.74 Å². The van der Waals surface area contributed by atoms with E-state index in [9.17, 15) is 4.79 Å². The monoisotopic (exact) mass is 252 g/mol. The van der Waals surface area contributed by atoms with Crippen LogP contribution in [0.15, 0.2) is 6.07 Å². The maximum atomic E-state index is 11.9. The quantitative estimate of drug-likeness (QED) is 0.569. The van der Waals surface area contributed by atoms with Gasteiger partial charge in [0.15, 0.2) is 0 Å². The molecule has 1 rings (SSSR count). The number of rotatable bonds is 1. The maximum Gasteiger partial charge on any atom is 0.342 e. The van der Waals surface area contributed by atoms with Crippen molar-refractivity contribution in [3.05, 3.63) is 28.0 Å². The van der Waals surface area contributed by atoms with Gasteiger partial charge in [0.25, 0.3) is 0 Å². The third-order valence-corrected chi connectivity index (χ3v) is 2.16. The highest BCUT2D eigenvalue weighted by Crippen LogP contribution is 2.22. The molecule has 0 aliphatic rings. The van der Waals surface area contributed by atoms with Crippen molar-refractivity contribution in [2.24, 2.45) is 0 Å². The summed E-state index contributed by atoms with van der Waals surface area (Å²) >= 11 is 5.87. The molecule has 0 aromatic carbocycles. The molecule has 4 nitrogen and oxygen atoms in total. The third-order valence-electron chi connectivity index (χ3n) is 1.89. The first-order chi connectivity index (χ1) is 7.74. The zero-order valence-electron chi connectivity index (χ0n) is 10.2. The zero-order chi connectivity index (χ0) is 13.2. The molecule has 0 amide bonds. The van der Waals surface area contributed by atoms with Crippen molar-refractivity contribution in [1.82, 2.24) is 4.98 Å². The molecule has 0 unspecified atom stereocenters. The van der Waals surface area contributed by atoms with Gasteiger partial charge in [0.05, 0.1) is 5.56 Å². The molecule has 0 N–H and O–H groups in total. The van der Waals surface area contributed by atoms with Crippen LogP contribution < -0.4 is 0 Å². The normalized spacial score (nSPS) is 10.8. The first-order valence-corrected chi connectivity index (χ1v) is 5.43. The summed E-state index contributed by atoms with van der Waals surface area (Å²) < 4.78 is 5.21. The van der Waals surface area contributed by atoms with Gasteiger partial charge in [-0.2, -0.15) is 5.26 Å². The molecule has 0 fully saturated rings. The second-order valence-corrected chi connectivity index (χ2v) is 4.96. The molecule has 1 aromatic rings. The summed E-state index contributed by atoms with van der Waals surface area (Å²) in [6.45, 7) is 7.00. The molecule has 17 heavy (non-hydrogen) atoms. The molecule has 90 valence electrons. The summed E-state index contributed by atoms with van der Waals surface area (Å²) in [5.74, 6) is -0.531. The summed E-state index contributed by atoms with van der Waals surface area (Å²) in [6, 6.07) is 3.38. The topological polar surface area (TPSA) is 63.0 Å². The average Bonchev–Trinajstić information content (AvgIpc) is 2.13. The second kappa shape index (κ2) is 4.72. The molecule has 0 radical (unpaired) electrons. The van der Waals surface area contributed by atoms with Crippen LogP contribution >= 0.6 is 11.6 Å². The van der Waals surface area contributed by atoms with Gasteiger partial charge in [-0.15, -0.1) is 0 Å². The van der Waals surface area contributed by atoms with Gasteiger partial charge in [0.1, 0.15) is 22.5 Å². The summed E-state index contributed by atoms with van der Waals surface area (Å²) in [6.07, 6.45) is 0. The van der Waals surface area contributed by atoms with E-state index >= 15 is 0 Å². The molecule has 0 saturated carbocycles. The van der Waals surface area contributed by atoms with Gasteiger partial charge >= 0.3 is 5.97 Å². The lowest BCUT2D eigenvalue weighted by atomic mass is 10.1. The van der Waals surface area contributed by atoms with Crippen molar-refractivity contribution in [3.63, 3.8) is 0 Å². The maximum absolute atomic E-state index is 11.9. The Labute approximate surface area is 105 Å². The Kier molecular flexibility index (Phi) is 3.74. The van der Waals surface area contributed by atoms with Crippen LogP contribution in [0.2, 0.25) is 5.15 Å². The fourth-order valence-corrected chi connectivity index (χ4v) is 1.58. The molecule has 1 aromatic heterocycles. The number of hydrogen-bond acceptors (Lipinski definition) is 4. The van der Waals surface area contributed by atoms with Gasteiger partial charge in [-0.1, -0.05) is 11.6 Å². The first-order valence-electron chi connectivity index (χ1n) is 5.05. The summed E-state index contributed by atoms with van der Waals surface area (Å²) in [7, 11) is 0. The number of esters is 1. The van der Waals surface area contributed by atoms with E-state index in [4.69, 9.17) is 21.6 Å². The van der Waals surface area contributed by atoms with E-state index in [0.29, 0.717) is 5.56 Å².